The molecule has 0 aliphatic carbocycles. The molecule has 134 valence electrons. The van der Waals surface area contributed by atoms with Crippen LogP contribution in [-0.4, -0.2) is 56.8 Å². The number of piperazine rings is 1. The number of nitrogens with zero attached hydrogens (tertiary/aromatic N) is 4. The van der Waals surface area contributed by atoms with Crippen LogP contribution in [0.1, 0.15) is 29.8 Å². The highest BCUT2D eigenvalue weighted by Crippen LogP contribution is 2.24. The Bertz CT molecular complexity index is 720. The minimum absolute atomic E-state index is 0.568. The molecule has 0 bridgehead atoms. The number of carboxylic acids is 1. The molecule has 1 N–H and O–H groups in total. The van der Waals surface area contributed by atoms with E-state index in [-0.39, 0.29) is 0 Å². The minimum Gasteiger partial charge on any atom is -0.480 e. The molecule has 6 nitrogen and oxygen atoms in total. The summed E-state index contributed by atoms with van der Waals surface area (Å²) in [4.78, 5) is 16.3. The van der Waals surface area contributed by atoms with Gasteiger partial charge in [-0.1, -0.05) is 29.8 Å². The fourth-order valence-corrected chi connectivity index (χ4v) is 3.42. The summed E-state index contributed by atoms with van der Waals surface area (Å²) in [6, 6.07) is 9.30. The maximum absolute atomic E-state index is 11.9. The zero-order chi connectivity index (χ0) is 17.8. The van der Waals surface area contributed by atoms with Crippen molar-refractivity contribution in [3.63, 3.8) is 0 Å². The molecule has 1 atom stereocenters. The summed E-state index contributed by atoms with van der Waals surface area (Å²) < 4.78 is 1.93. The number of hydrogen-bond donors (Lipinski definition) is 1. The topological polar surface area (TPSA) is 61.6 Å². The van der Waals surface area contributed by atoms with Crippen molar-refractivity contribution < 1.29 is 9.90 Å². The second-order valence-corrected chi connectivity index (χ2v) is 6.63. The van der Waals surface area contributed by atoms with Gasteiger partial charge in [0.15, 0.2) is 0 Å². The van der Waals surface area contributed by atoms with Crippen molar-refractivity contribution in [2.75, 3.05) is 26.2 Å². The minimum atomic E-state index is -0.777. The molecule has 1 fully saturated rings. The number of carbonyl (C=O) groups is 1. The molecular formula is C19H26N4O2. The highest BCUT2D eigenvalue weighted by atomic mass is 16.4. The van der Waals surface area contributed by atoms with Crippen LogP contribution < -0.4 is 0 Å². The Morgan fingerprint density at radius 3 is 2.60 bits per heavy atom. The van der Waals surface area contributed by atoms with Gasteiger partial charge in [0.1, 0.15) is 6.04 Å². The normalized spacial score (nSPS) is 17.5. The zero-order valence-corrected chi connectivity index (χ0v) is 14.9. The summed E-state index contributed by atoms with van der Waals surface area (Å²) in [6.07, 6.45) is 2.00. The smallest absolute Gasteiger partial charge is 0.325 e. The predicted molar refractivity (Wildman–Crippen MR) is 96.3 cm³/mol. The molecule has 1 aromatic carbocycles. The van der Waals surface area contributed by atoms with Crippen molar-refractivity contribution in [2.45, 2.75) is 33.0 Å². The Balaban J connectivity index is 1.62. The van der Waals surface area contributed by atoms with Crippen LogP contribution in [0.5, 0.6) is 0 Å². The lowest BCUT2D eigenvalue weighted by atomic mass is 10.0. The Morgan fingerprint density at radius 1 is 1.24 bits per heavy atom. The molecule has 0 amide bonds. The molecule has 2 aromatic rings. The van der Waals surface area contributed by atoms with E-state index in [1.165, 1.54) is 0 Å². The average molecular weight is 342 g/mol. The van der Waals surface area contributed by atoms with Crippen molar-refractivity contribution >= 4 is 5.97 Å². The maximum Gasteiger partial charge on any atom is 0.325 e. The maximum atomic E-state index is 11.9. The van der Waals surface area contributed by atoms with Gasteiger partial charge in [0.05, 0.1) is 5.69 Å². The van der Waals surface area contributed by atoms with Crippen LogP contribution in [0.4, 0.5) is 0 Å². The van der Waals surface area contributed by atoms with Gasteiger partial charge in [0, 0.05) is 45.5 Å². The van der Waals surface area contributed by atoms with Crippen LogP contribution in [-0.2, 0) is 17.9 Å². The van der Waals surface area contributed by atoms with Gasteiger partial charge in [-0.2, -0.15) is 5.10 Å². The van der Waals surface area contributed by atoms with Crippen molar-refractivity contribution in [3.05, 3.63) is 53.3 Å². The number of aromatic nitrogens is 2. The lowest BCUT2D eigenvalue weighted by Crippen LogP contribution is -2.48. The fourth-order valence-electron chi connectivity index (χ4n) is 3.42. The van der Waals surface area contributed by atoms with E-state index >= 15 is 0 Å². The Kier molecular flexibility index (Phi) is 5.50. The third kappa shape index (κ3) is 4.27. The Labute approximate surface area is 148 Å². The van der Waals surface area contributed by atoms with Gasteiger partial charge >= 0.3 is 5.97 Å². The molecule has 1 saturated heterocycles. The molecule has 3 rings (SSSR count). The number of carboxylic acid groups (broad SMARTS) is 1. The molecule has 1 unspecified atom stereocenters. The monoisotopic (exact) mass is 342 g/mol. The zero-order valence-electron chi connectivity index (χ0n) is 14.9. The first-order valence-corrected chi connectivity index (χ1v) is 8.85. The number of aliphatic carboxylic acids is 1. The number of benzene rings is 1. The van der Waals surface area contributed by atoms with Crippen molar-refractivity contribution in [1.29, 1.82) is 0 Å². The van der Waals surface area contributed by atoms with Crippen molar-refractivity contribution in [3.8, 4) is 0 Å². The summed E-state index contributed by atoms with van der Waals surface area (Å²) in [6.45, 7) is 8.98. The summed E-state index contributed by atoms with van der Waals surface area (Å²) >= 11 is 0. The van der Waals surface area contributed by atoms with E-state index in [9.17, 15) is 9.90 Å². The van der Waals surface area contributed by atoms with E-state index in [0.29, 0.717) is 0 Å². The quantitative estimate of drug-likeness (QED) is 0.872. The van der Waals surface area contributed by atoms with Gasteiger partial charge < -0.3 is 5.11 Å². The highest BCUT2D eigenvalue weighted by Gasteiger charge is 2.30. The lowest BCUT2D eigenvalue weighted by molar-refractivity contribution is -0.144. The largest absolute Gasteiger partial charge is 0.480 e. The molecule has 1 aromatic heterocycles. The van der Waals surface area contributed by atoms with E-state index < -0.39 is 12.0 Å². The van der Waals surface area contributed by atoms with E-state index in [0.717, 1.165) is 56.1 Å². The van der Waals surface area contributed by atoms with Crippen LogP contribution in [0.15, 0.2) is 36.5 Å². The average Bonchev–Trinajstić information content (AvgIpc) is 3.04. The Morgan fingerprint density at radius 2 is 2.00 bits per heavy atom. The number of hydrogen-bond acceptors (Lipinski definition) is 4. The number of aryl methyl sites for hydroxylation is 2. The molecular weight excluding hydrogens is 316 g/mol. The second kappa shape index (κ2) is 7.80. The van der Waals surface area contributed by atoms with Crippen LogP contribution >= 0.6 is 0 Å². The van der Waals surface area contributed by atoms with Crippen LogP contribution in [0.25, 0.3) is 0 Å². The van der Waals surface area contributed by atoms with Crippen LogP contribution in [0.3, 0.4) is 0 Å². The standard InChI is InChI=1S/C19H26N4O2/c1-3-23-8-7-17(20-23)14-21-9-11-22(12-10-21)18(19(24)25)16-6-4-5-15(2)13-16/h4-8,13,18H,3,9-12,14H2,1-2H3,(H,24,25). The van der Waals surface area contributed by atoms with Crippen LogP contribution in [0, 0.1) is 6.92 Å². The molecule has 0 saturated carbocycles. The summed E-state index contributed by atoms with van der Waals surface area (Å²) in [5.74, 6) is -0.777. The third-order valence-corrected chi connectivity index (χ3v) is 4.77. The van der Waals surface area contributed by atoms with Crippen LogP contribution in [0.2, 0.25) is 0 Å². The molecule has 2 heterocycles. The molecule has 1 aliphatic heterocycles. The third-order valence-electron chi connectivity index (χ3n) is 4.77. The molecule has 0 spiro atoms. The van der Waals surface area contributed by atoms with Crippen molar-refractivity contribution in [1.82, 2.24) is 19.6 Å². The first-order valence-electron chi connectivity index (χ1n) is 8.85. The highest BCUT2D eigenvalue weighted by molar-refractivity contribution is 5.75. The van der Waals surface area contributed by atoms with E-state index in [1.807, 2.05) is 42.1 Å². The molecule has 25 heavy (non-hydrogen) atoms. The first-order chi connectivity index (χ1) is 12.1. The second-order valence-electron chi connectivity index (χ2n) is 6.63. The predicted octanol–water partition coefficient (Wildman–Crippen LogP) is 2.15. The van der Waals surface area contributed by atoms with Crippen molar-refractivity contribution in [2.24, 2.45) is 0 Å². The van der Waals surface area contributed by atoms with Gasteiger partial charge in [0.2, 0.25) is 0 Å². The fraction of sp³-hybridized carbons (Fsp3) is 0.474. The lowest BCUT2D eigenvalue weighted by Gasteiger charge is -2.37. The summed E-state index contributed by atoms with van der Waals surface area (Å²) in [5.41, 5.74) is 3.03. The van der Waals surface area contributed by atoms with Gasteiger partial charge in [-0.3, -0.25) is 19.3 Å². The number of rotatable bonds is 6. The Hall–Kier alpha value is -2.18. The summed E-state index contributed by atoms with van der Waals surface area (Å²) in [7, 11) is 0. The van der Waals surface area contributed by atoms with Gasteiger partial charge in [-0.25, -0.2) is 0 Å². The molecule has 0 radical (unpaired) electrons. The first kappa shape index (κ1) is 17.6. The van der Waals surface area contributed by atoms with E-state index in [2.05, 4.69) is 27.9 Å². The van der Waals surface area contributed by atoms with E-state index in [4.69, 9.17) is 0 Å². The van der Waals surface area contributed by atoms with E-state index in [1.54, 1.807) is 0 Å². The van der Waals surface area contributed by atoms with Gasteiger partial charge in [-0.15, -0.1) is 0 Å². The van der Waals surface area contributed by atoms with Gasteiger partial charge in [0.25, 0.3) is 0 Å². The summed E-state index contributed by atoms with van der Waals surface area (Å²) in [5, 5.41) is 14.3. The SMILES string of the molecule is CCn1ccc(CN2CCN(C(C(=O)O)c3cccc(C)c3)CC2)n1. The van der Waals surface area contributed by atoms with Gasteiger partial charge in [-0.05, 0) is 25.5 Å². The molecule has 1 aliphatic rings. The molecule has 6 heteroatoms.